The summed E-state index contributed by atoms with van der Waals surface area (Å²) in [6, 6.07) is 5.36. The lowest BCUT2D eigenvalue weighted by Gasteiger charge is -2.19. The SMILES string of the molecule is Cc1ccc(C(C)C(C)CNC2CC2)s1. The van der Waals surface area contributed by atoms with E-state index in [9.17, 15) is 0 Å². The van der Waals surface area contributed by atoms with Crippen LogP contribution in [0.15, 0.2) is 12.1 Å². The molecule has 0 spiro atoms. The second-order valence-corrected chi connectivity index (χ2v) is 6.22. The first-order valence-electron chi connectivity index (χ1n) is 5.96. The second kappa shape index (κ2) is 4.67. The summed E-state index contributed by atoms with van der Waals surface area (Å²) in [5, 5.41) is 3.62. The Balaban J connectivity index is 1.85. The number of nitrogens with one attached hydrogen (secondary N) is 1. The van der Waals surface area contributed by atoms with E-state index in [-0.39, 0.29) is 0 Å². The van der Waals surface area contributed by atoms with E-state index in [1.54, 1.807) is 0 Å². The first-order valence-corrected chi connectivity index (χ1v) is 6.78. The molecule has 0 radical (unpaired) electrons. The molecule has 1 aromatic heterocycles. The Morgan fingerprint density at radius 1 is 1.40 bits per heavy atom. The Morgan fingerprint density at radius 2 is 2.13 bits per heavy atom. The van der Waals surface area contributed by atoms with Gasteiger partial charge in [-0.15, -0.1) is 11.3 Å². The van der Waals surface area contributed by atoms with Gasteiger partial charge in [-0.3, -0.25) is 0 Å². The van der Waals surface area contributed by atoms with Gasteiger partial charge in [0.25, 0.3) is 0 Å². The largest absolute Gasteiger partial charge is 0.314 e. The van der Waals surface area contributed by atoms with E-state index in [0.29, 0.717) is 5.92 Å². The molecule has 0 saturated heterocycles. The minimum absolute atomic E-state index is 0.690. The monoisotopic (exact) mass is 223 g/mol. The van der Waals surface area contributed by atoms with Gasteiger partial charge in [0, 0.05) is 15.8 Å². The molecule has 1 fully saturated rings. The van der Waals surface area contributed by atoms with Gasteiger partial charge in [-0.1, -0.05) is 13.8 Å². The highest BCUT2D eigenvalue weighted by atomic mass is 32.1. The van der Waals surface area contributed by atoms with E-state index in [2.05, 4.69) is 38.2 Å². The maximum Gasteiger partial charge on any atom is 0.00794 e. The molecular formula is C13H21NS. The maximum atomic E-state index is 3.62. The van der Waals surface area contributed by atoms with Gasteiger partial charge in [-0.05, 0) is 50.3 Å². The molecule has 1 nitrogen and oxygen atoms in total. The Labute approximate surface area is 96.9 Å². The molecule has 84 valence electrons. The van der Waals surface area contributed by atoms with E-state index in [1.165, 1.54) is 29.1 Å². The number of hydrogen-bond donors (Lipinski definition) is 1. The van der Waals surface area contributed by atoms with Crippen molar-refractivity contribution in [1.82, 2.24) is 5.32 Å². The summed E-state index contributed by atoms with van der Waals surface area (Å²) >= 11 is 1.95. The minimum Gasteiger partial charge on any atom is -0.314 e. The fourth-order valence-electron chi connectivity index (χ4n) is 1.80. The van der Waals surface area contributed by atoms with Crippen molar-refractivity contribution in [3.05, 3.63) is 21.9 Å². The third kappa shape index (κ3) is 3.05. The molecule has 1 N–H and O–H groups in total. The standard InChI is InChI=1S/C13H21NS/c1-9(8-14-12-5-6-12)11(3)13-7-4-10(2)15-13/h4,7,9,11-12,14H,5-6,8H2,1-3H3. The molecule has 2 unspecified atom stereocenters. The van der Waals surface area contributed by atoms with Crippen molar-refractivity contribution in [2.24, 2.45) is 5.92 Å². The first kappa shape index (κ1) is 11.2. The molecule has 1 aromatic rings. The number of hydrogen-bond acceptors (Lipinski definition) is 2. The molecule has 0 bridgehead atoms. The van der Waals surface area contributed by atoms with E-state index < -0.39 is 0 Å². The Bertz CT molecular complexity index is 314. The lowest BCUT2D eigenvalue weighted by molar-refractivity contribution is 0.450. The Morgan fingerprint density at radius 3 is 2.67 bits per heavy atom. The van der Waals surface area contributed by atoms with Crippen LogP contribution in [0, 0.1) is 12.8 Å². The summed E-state index contributed by atoms with van der Waals surface area (Å²) in [4.78, 5) is 2.97. The van der Waals surface area contributed by atoms with Crippen molar-refractivity contribution in [3.63, 3.8) is 0 Å². The van der Waals surface area contributed by atoms with Crippen LogP contribution >= 0.6 is 11.3 Å². The lowest BCUT2D eigenvalue weighted by atomic mass is 9.94. The molecule has 2 rings (SSSR count). The Hall–Kier alpha value is -0.340. The number of aryl methyl sites for hydroxylation is 1. The van der Waals surface area contributed by atoms with Gasteiger partial charge in [0.1, 0.15) is 0 Å². The summed E-state index contributed by atoms with van der Waals surface area (Å²) in [6.07, 6.45) is 2.78. The zero-order valence-corrected chi connectivity index (χ0v) is 10.7. The molecule has 0 aromatic carbocycles. The number of rotatable bonds is 5. The van der Waals surface area contributed by atoms with E-state index >= 15 is 0 Å². The summed E-state index contributed by atoms with van der Waals surface area (Å²) in [5.74, 6) is 1.43. The minimum atomic E-state index is 0.690. The molecule has 1 heterocycles. The van der Waals surface area contributed by atoms with Crippen molar-refractivity contribution >= 4 is 11.3 Å². The third-order valence-corrected chi connectivity index (χ3v) is 4.57. The van der Waals surface area contributed by atoms with Crippen LogP contribution < -0.4 is 5.32 Å². The van der Waals surface area contributed by atoms with Gasteiger partial charge in [0.15, 0.2) is 0 Å². The molecule has 1 aliphatic carbocycles. The molecule has 0 aliphatic heterocycles. The van der Waals surface area contributed by atoms with Crippen LogP contribution in [0.5, 0.6) is 0 Å². The van der Waals surface area contributed by atoms with Gasteiger partial charge in [-0.25, -0.2) is 0 Å². The normalized spacial score (nSPS) is 20.2. The van der Waals surface area contributed by atoms with Crippen LogP contribution in [0.4, 0.5) is 0 Å². The highest BCUT2D eigenvalue weighted by Gasteiger charge is 2.23. The average molecular weight is 223 g/mol. The molecular weight excluding hydrogens is 202 g/mol. The van der Waals surface area contributed by atoms with Crippen molar-refractivity contribution in [3.8, 4) is 0 Å². The van der Waals surface area contributed by atoms with Gasteiger partial charge >= 0.3 is 0 Å². The topological polar surface area (TPSA) is 12.0 Å². The molecule has 2 heteroatoms. The van der Waals surface area contributed by atoms with Gasteiger partial charge < -0.3 is 5.32 Å². The van der Waals surface area contributed by atoms with Crippen molar-refractivity contribution in [2.75, 3.05) is 6.54 Å². The van der Waals surface area contributed by atoms with Gasteiger partial charge in [-0.2, -0.15) is 0 Å². The fourth-order valence-corrected chi connectivity index (χ4v) is 2.86. The zero-order chi connectivity index (χ0) is 10.8. The van der Waals surface area contributed by atoms with Crippen LogP contribution in [0.1, 0.15) is 42.4 Å². The van der Waals surface area contributed by atoms with Gasteiger partial charge in [0.05, 0.1) is 0 Å². The maximum absolute atomic E-state index is 3.62. The van der Waals surface area contributed by atoms with Crippen LogP contribution in [0.2, 0.25) is 0 Å². The van der Waals surface area contributed by atoms with E-state index in [4.69, 9.17) is 0 Å². The van der Waals surface area contributed by atoms with Crippen molar-refractivity contribution < 1.29 is 0 Å². The van der Waals surface area contributed by atoms with Crippen LogP contribution in [0.25, 0.3) is 0 Å². The van der Waals surface area contributed by atoms with E-state index in [0.717, 1.165) is 12.0 Å². The predicted molar refractivity (Wildman–Crippen MR) is 67.7 cm³/mol. The molecule has 1 saturated carbocycles. The van der Waals surface area contributed by atoms with Crippen LogP contribution in [-0.2, 0) is 0 Å². The Kier molecular flexibility index (Phi) is 3.47. The van der Waals surface area contributed by atoms with Gasteiger partial charge in [0.2, 0.25) is 0 Å². The first-order chi connectivity index (χ1) is 7.16. The highest BCUT2D eigenvalue weighted by molar-refractivity contribution is 7.12. The summed E-state index contributed by atoms with van der Waals surface area (Å²) in [6.45, 7) is 8.07. The number of thiophene rings is 1. The molecule has 0 amide bonds. The predicted octanol–water partition coefficient (Wildman–Crippen LogP) is 3.55. The highest BCUT2D eigenvalue weighted by Crippen LogP contribution is 2.30. The zero-order valence-electron chi connectivity index (χ0n) is 9.92. The van der Waals surface area contributed by atoms with E-state index in [1.807, 2.05) is 11.3 Å². The van der Waals surface area contributed by atoms with Crippen molar-refractivity contribution in [1.29, 1.82) is 0 Å². The van der Waals surface area contributed by atoms with Crippen LogP contribution in [0.3, 0.4) is 0 Å². The van der Waals surface area contributed by atoms with Crippen LogP contribution in [-0.4, -0.2) is 12.6 Å². The summed E-state index contributed by atoms with van der Waals surface area (Å²) in [5.41, 5.74) is 0. The average Bonchev–Trinajstić information content (AvgIpc) is 2.95. The summed E-state index contributed by atoms with van der Waals surface area (Å²) in [7, 11) is 0. The smallest absolute Gasteiger partial charge is 0.00794 e. The second-order valence-electron chi connectivity index (χ2n) is 4.90. The molecule has 2 atom stereocenters. The summed E-state index contributed by atoms with van der Waals surface area (Å²) < 4.78 is 0. The molecule has 15 heavy (non-hydrogen) atoms. The lowest BCUT2D eigenvalue weighted by Crippen LogP contribution is -2.25. The molecule has 1 aliphatic rings. The quantitative estimate of drug-likeness (QED) is 0.805. The fraction of sp³-hybridized carbons (Fsp3) is 0.692. The van der Waals surface area contributed by atoms with Crippen molar-refractivity contribution in [2.45, 2.75) is 45.6 Å². The third-order valence-electron chi connectivity index (χ3n) is 3.37.